The van der Waals surface area contributed by atoms with Crippen molar-refractivity contribution in [2.75, 3.05) is 12.5 Å². The van der Waals surface area contributed by atoms with Gasteiger partial charge in [-0.25, -0.2) is 0 Å². The largest absolute Gasteiger partial charge is 0.461 e. The predicted molar refractivity (Wildman–Crippen MR) is 41.1 cm³/mol. The van der Waals surface area contributed by atoms with Crippen LogP contribution in [0.15, 0.2) is 12.2 Å². The molecule has 0 amide bonds. The van der Waals surface area contributed by atoms with Crippen molar-refractivity contribution in [3.05, 3.63) is 12.2 Å². The van der Waals surface area contributed by atoms with Crippen molar-refractivity contribution in [3.8, 4) is 0 Å². The molecule has 3 heteroatoms. The van der Waals surface area contributed by atoms with Gasteiger partial charge in [-0.1, -0.05) is 6.58 Å². The van der Waals surface area contributed by atoms with Crippen LogP contribution in [0.4, 0.5) is 0 Å². The lowest BCUT2D eigenvalue weighted by Gasteiger charge is -2.00. The summed E-state index contributed by atoms with van der Waals surface area (Å²) in [6.45, 7) is 5.68. The molecule has 0 unspecified atom stereocenters. The smallest absolute Gasteiger partial charge is 0.307 e. The van der Waals surface area contributed by atoms with E-state index in [0.29, 0.717) is 12.5 Å². The van der Waals surface area contributed by atoms with Crippen molar-refractivity contribution in [3.63, 3.8) is 0 Å². The molecule has 0 aliphatic rings. The van der Waals surface area contributed by atoms with Gasteiger partial charge in [-0.05, 0) is 12.5 Å². The Hall–Kier alpha value is -0.500. The van der Waals surface area contributed by atoms with Gasteiger partial charge in [0.25, 0.3) is 0 Å². The van der Waals surface area contributed by atoms with Crippen molar-refractivity contribution in [2.45, 2.75) is 13.3 Å². The summed E-state index contributed by atoms with van der Waals surface area (Å²) in [5.41, 5.74) is 0.836. The Kier molecular flexibility index (Phi) is 5.03. The molecule has 0 aromatic rings. The SMILES string of the molecule is C=C(C)COC(=O)CCCl. The third-order valence-electron chi connectivity index (χ3n) is 0.778. The third-order valence-corrected chi connectivity index (χ3v) is 0.967. The van der Waals surface area contributed by atoms with Crippen molar-refractivity contribution in [1.29, 1.82) is 0 Å². The van der Waals surface area contributed by atoms with E-state index in [4.69, 9.17) is 16.3 Å². The summed E-state index contributed by atoms with van der Waals surface area (Å²) in [5.74, 6) is 0.0488. The number of esters is 1. The van der Waals surface area contributed by atoms with Crippen LogP contribution in [0.25, 0.3) is 0 Å². The molecule has 0 radical (unpaired) electrons. The molecule has 0 heterocycles. The van der Waals surface area contributed by atoms with E-state index in [-0.39, 0.29) is 12.4 Å². The van der Waals surface area contributed by atoms with Gasteiger partial charge < -0.3 is 4.74 Å². The molecule has 0 aliphatic carbocycles. The van der Waals surface area contributed by atoms with E-state index in [1.165, 1.54) is 0 Å². The second-order valence-electron chi connectivity index (χ2n) is 2.06. The van der Waals surface area contributed by atoms with Gasteiger partial charge in [0.1, 0.15) is 6.61 Å². The topological polar surface area (TPSA) is 26.3 Å². The third kappa shape index (κ3) is 5.63. The molecule has 0 aliphatic heterocycles. The predicted octanol–water partition coefficient (Wildman–Crippen LogP) is 1.73. The Morgan fingerprint density at radius 1 is 1.70 bits per heavy atom. The van der Waals surface area contributed by atoms with Gasteiger partial charge in [-0.2, -0.15) is 0 Å². The summed E-state index contributed by atoms with van der Waals surface area (Å²) in [6, 6.07) is 0. The quantitative estimate of drug-likeness (QED) is 0.358. The first-order valence-corrected chi connectivity index (χ1v) is 3.56. The van der Waals surface area contributed by atoms with Crippen molar-refractivity contribution in [1.82, 2.24) is 0 Å². The summed E-state index contributed by atoms with van der Waals surface area (Å²) < 4.78 is 4.72. The molecular formula is C7H11ClO2. The molecule has 0 fully saturated rings. The lowest BCUT2D eigenvalue weighted by atomic mass is 10.4. The summed E-state index contributed by atoms with van der Waals surface area (Å²) in [6.07, 6.45) is 0.273. The Bertz CT molecular complexity index is 132. The van der Waals surface area contributed by atoms with Crippen LogP contribution in [-0.2, 0) is 9.53 Å². The normalized spacial score (nSPS) is 9.00. The lowest BCUT2D eigenvalue weighted by Crippen LogP contribution is -2.06. The fourth-order valence-electron chi connectivity index (χ4n) is 0.353. The van der Waals surface area contributed by atoms with Gasteiger partial charge >= 0.3 is 5.97 Å². The van der Waals surface area contributed by atoms with Gasteiger partial charge in [0.2, 0.25) is 0 Å². The first-order valence-electron chi connectivity index (χ1n) is 3.02. The maximum atomic E-state index is 10.6. The number of carbonyl (C=O) groups is 1. The van der Waals surface area contributed by atoms with Gasteiger partial charge in [0.05, 0.1) is 6.42 Å². The minimum absolute atomic E-state index is 0.266. The average Bonchev–Trinajstić information content (AvgIpc) is 1.85. The van der Waals surface area contributed by atoms with E-state index in [1.54, 1.807) is 6.92 Å². The Morgan fingerprint density at radius 2 is 2.30 bits per heavy atom. The fourth-order valence-corrected chi connectivity index (χ4v) is 0.507. The molecule has 0 bridgehead atoms. The van der Waals surface area contributed by atoms with E-state index in [0.717, 1.165) is 5.57 Å². The Labute approximate surface area is 65.8 Å². The van der Waals surface area contributed by atoms with Gasteiger partial charge in [0.15, 0.2) is 0 Å². The standard InChI is InChI=1S/C7H11ClO2/c1-6(2)5-10-7(9)3-4-8/h1,3-5H2,2H3. The summed E-state index contributed by atoms with van der Waals surface area (Å²) >= 11 is 5.29. The van der Waals surface area contributed by atoms with E-state index in [1.807, 2.05) is 0 Å². The van der Waals surface area contributed by atoms with Crippen LogP contribution in [0.5, 0.6) is 0 Å². The van der Waals surface area contributed by atoms with Crippen LogP contribution in [0.3, 0.4) is 0 Å². The molecule has 0 saturated heterocycles. The van der Waals surface area contributed by atoms with Crippen LogP contribution >= 0.6 is 11.6 Å². The number of alkyl halides is 1. The first kappa shape index (κ1) is 9.50. The zero-order valence-electron chi connectivity index (χ0n) is 6.02. The summed E-state index contributed by atoms with van der Waals surface area (Å²) in [5, 5.41) is 0. The van der Waals surface area contributed by atoms with E-state index in [9.17, 15) is 4.79 Å². The second-order valence-corrected chi connectivity index (χ2v) is 2.43. The molecule has 0 rings (SSSR count). The molecule has 0 N–H and O–H groups in total. The minimum Gasteiger partial charge on any atom is -0.461 e. The van der Waals surface area contributed by atoms with Crippen molar-refractivity contribution >= 4 is 17.6 Å². The van der Waals surface area contributed by atoms with Crippen molar-refractivity contribution < 1.29 is 9.53 Å². The molecule has 2 nitrogen and oxygen atoms in total. The Morgan fingerprint density at radius 3 is 2.70 bits per heavy atom. The number of carbonyl (C=O) groups excluding carboxylic acids is 1. The molecular weight excluding hydrogens is 152 g/mol. The number of halogens is 1. The molecule has 0 aromatic carbocycles. The van der Waals surface area contributed by atoms with Crippen LogP contribution in [0.2, 0.25) is 0 Å². The molecule has 0 aromatic heterocycles. The first-order chi connectivity index (χ1) is 4.66. The van der Waals surface area contributed by atoms with E-state index in [2.05, 4.69) is 6.58 Å². The molecule has 0 saturated carbocycles. The van der Waals surface area contributed by atoms with Gasteiger partial charge in [-0.15, -0.1) is 11.6 Å². The number of rotatable bonds is 4. The van der Waals surface area contributed by atoms with Crippen LogP contribution < -0.4 is 0 Å². The van der Waals surface area contributed by atoms with E-state index < -0.39 is 0 Å². The van der Waals surface area contributed by atoms with E-state index >= 15 is 0 Å². The highest BCUT2D eigenvalue weighted by molar-refractivity contribution is 6.18. The average molecular weight is 163 g/mol. The second kappa shape index (κ2) is 5.30. The highest BCUT2D eigenvalue weighted by Gasteiger charge is 1.99. The molecule has 0 atom stereocenters. The van der Waals surface area contributed by atoms with Gasteiger partial charge in [-0.3, -0.25) is 4.79 Å². The maximum Gasteiger partial charge on any atom is 0.307 e. The Balaban J connectivity index is 3.30. The zero-order chi connectivity index (χ0) is 7.98. The van der Waals surface area contributed by atoms with Crippen molar-refractivity contribution in [2.24, 2.45) is 0 Å². The molecule has 58 valence electrons. The van der Waals surface area contributed by atoms with Crippen LogP contribution in [-0.4, -0.2) is 18.5 Å². The maximum absolute atomic E-state index is 10.6. The number of ether oxygens (including phenoxy) is 1. The van der Waals surface area contributed by atoms with Crippen LogP contribution in [0, 0.1) is 0 Å². The number of hydrogen-bond donors (Lipinski definition) is 0. The number of hydrogen-bond acceptors (Lipinski definition) is 2. The molecule has 0 spiro atoms. The minimum atomic E-state index is -0.266. The van der Waals surface area contributed by atoms with Gasteiger partial charge in [0, 0.05) is 5.88 Å². The molecule has 10 heavy (non-hydrogen) atoms. The monoisotopic (exact) mass is 162 g/mol. The fraction of sp³-hybridized carbons (Fsp3) is 0.571. The van der Waals surface area contributed by atoms with Crippen LogP contribution in [0.1, 0.15) is 13.3 Å². The zero-order valence-corrected chi connectivity index (χ0v) is 6.78. The lowest BCUT2D eigenvalue weighted by molar-refractivity contribution is -0.142. The highest BCUT2D eigenvalue weighted by atomic mass is 35.5. The summed E-state index contributed by atoms with van der Waals surface area (Å²) in [4.78, 5) is 10.6. The highest BCUT2D eigenvalue weighted by Crippen LogP contribution is 1.93. The summed E-state index contributed by atoms with van der Waals surface area (Å²) in [7, 11) is 0.